The fourth-order valence-electron chi connectivity index (χ4n) is 3.15. The molecule has 1 aliphatic rings. The number of nitrogens with two attached hydrogens (primary N) is 1. The number of hydrogen-bond donors (Lipinski definition) is 2. The van der Waals surface area contributed by atoms with Crippen molar-refractivity contribution in [1.82, 2.24) is 5.43 Å². The molecule has 0 saturated heterocycles. The Balaban J connectivity index is 2.81. The molecule has 0 amide bonds. The fourth-order valence-corrected chi connectivity index (χ4v) is 3.15. The summed E-state index contributed by atoms with van der Waals surface area (Å²) in [7, 11) is 0. The quantitative estimate of drug-likeness (QED) is 0.556. The standard InChI is InChI=1S/C14H30N2O/c1-5-12(4)13(16-15)14(17-6-2)9-7-11(3)8-10-14/h11-13,16H,5-10,15H2,1-4H3. The Morgan fingerprint density at radius 2 is 1.94 bits per heavy atom. The molecule has 1 aliphatic carbocycles. The summed E-state index contributed by atoms with van der Waals surface area (Å²) in [5, 5.41) is 0. The highest BCUT2D eigenvalue weighted by Crippen LogP contribution is 2.39. The lowest BCUT2D eigenvalue weighted by Crippen LogP contribution is -2.59. The Hall–Kier alpha value is -0.120. The minimum absolute atomic E-state index is 0.0363. The molecule has 3 nitrogen and oxygen atoms in total. The van der Waals surface area contributed by atoms with E-state index in [9.17, 15) is 0 Å². The molecule has 0 aromatic carbocycles. The first-order chi connectivity index (χ1) is 8.09. The van der Waals surface area contributed by atoms with Crippen molar-refractivity contribution in [3.05, 3.63) is 0 Å². The van der Waals surface area contributed by atoms with Crippen LogP contribution in [0.25, 0.3) is 0 Å². The second-order valence-electron chi connectivity index (χ2n) is 5.71. The number of hydrazine groups is 1. The predicted octanol–water partition coefficient (Wildman–Crippen LogP) is 2.85. The lowest BCUT2D eigenvalue weighted by molar-refractivity contribution is -0.107. The summed E-state index contributed by atoms with van der Waals surface area (Å²) in [4.78, 5) is 0. The van der Waals surface area contributed by atoms with Crippen LogP contribution < -0.4 is 11.3 Å². The largest absolute Gasteiger partial charge is 0.374 e. The Morgan fingerprint density at radius 3 is 2.35 bits per heavy atom. The Morgan fingerprint density at radius 1 is 1.35 bits per heavy atom. The maximum atomic E-state index is 6.15. The van der Waals surface area contributed by atoms with E-state index in [0.29, 0.717) is 5.92 Å². The smallest absolute Gasteiger partial charge is 0.0850 e. The van der Waals surface area contributed by atoms with Crippen LogP contribution in [0.2, 0.25) is 0 Å². The second kappa shape index (κ2) is 6.72. The van der Waals surface area contributed by atoms with Gasteiger partial charge in [0.25, 0.3) is 0 Å². The van der Waals surface area contributed by atoms with Crippen LogP contribution in [0.3, 0.4) is 0 Å². The van der Waals surface area contributed by atoms with Gasteiger partial charge in [-0.15, -0.1) is 0 Å². The molecule has 0 radical (unpaired) electrons. The summed E-state index contributed by atoms with van der Waals surface area (Å²) in [6.07, 6.45) is 5.94. The first-order valence-electron chi connectivity index (χ1n) is 7.19. The zero-order valence-corrected chi connectivity index (χ0v) is 12.0. The zero-order chi connectivity index (χ0) is 12.9. The van der Waals surface area contributed by atoms with Crippen LogP contribution in [-0.4, -0.2) is 18.2 Å². The van der Waals surface area contributed by atoms with Gasteiger partial charge in [-0.3, -0.25) is 11.3 Å². The molecule has 0 aliphatic heterocycles. The molecular weight excluding hydrogens is 212 g/mol. The lowest BCUT2D eigenvalue weighted by atomic mass is 9.72. The van der Waals surface area contributed by atoms with Crippen molar-refractivity contribution >= 4 is 0 Å². The first-order valence-corrected chi connectivity index (χ1v) is 7.19. The van der Waals surface area contributed by atoms with E-state index in [-0.39, 0.29) is 11.6 Å². The molecule has 0 spiro atoms. The molecule has 3 heteroatoms. The first kappa shape index (κ1) is 14.9. The fraction of sp³-hybridized carbons (Fsp3) is 1.00. The number of nitrogens with one attached hydrogen (secondary N) is 1. The molecule has 0 aromatic rings. The molecule has 1 saturated carbocycles. The van der Waals surface area contributed by atoms with Gasteiger partial charge in [0.1, 0.15) is 0 Å². The van der Waals surface area contributed by atoms with Crippen molar-refractivity contribution in [3.8, 4) is 0 Å². The highest BCUT2D eigenvalue weighted by atomic mass is 16.5. The third-order valence-corrected chi connectivity index (χ3v) is 4.51. The topological polar surface area (TPSA) is 47.3 Å². The third-order valence-electron chi connectivity index (χ3n) is 4.51. The van der Waals surface area contributed by atoms with Gasteiger partial charge >= 0.3 is 0 Å². The van der Waals surface area contributed by atoms with Gasteiger partial charge in [-0.2, -0.15) is 0 Å². The van der Waals surface area contributed by atoms with Gasteiger partial charge in [0.15, 0.2) is 0 Å². The van der Waals surface area contributed by atoms with Crippen molar-refractivity contribution in [2.45, 2.75) is 71.4 Å². The van der Waals surface area contributed by atoms with Crippen LogP contribution in [0, 0.1) is 11.8 Å². The minimum atomic E-state index is -0.0363. The van der Waals surface area contributed by atoms with E-state index in [2.05, 4.69) is 33.1 Å². The number of ether oxygens (including phenoxy) is 1. The molecule has 3 N–H and O–H groups in total. The summed E-state index contributed by atoms with van der Waals surface area (Å²) in [5.41, 5.74) is 3.00. The molecule has 1 rings (SSSR count). The van der Waals surface area contributed by atoms with Crippen molar-refractivity contribution in [2.24, 2.45) is 17.7 Å². The van der Waals surface area contributed by atoms with Gasteiger partial charge in [-0.1, -0.05) is 27.2 Å². The summed E-state index contributed by atoms with van der Waals surface area (Å²) >= 11 is 0. The van der Waals surface area contributed by atoms with Gasteiger partial charge in [-0.05, 0) is 44.4 Å². The lowest BCUT2D eigenvalue weighted by Gasteiger charge is -2.46. The molecule has 0 aromatic heterocycles. The van der Waals surface area contributed by atoms with Gasteiger partial charge in [0, 0.05) is 6.61 Å². The Bertz CT molecular complexity index is 212. The van der Waals surface area contributed by atoms with Gasteiger partial charge in [0.2, 0.25) is 0 Å². The summed E-state index contributed by atoms with van der Waals surface area (Å²) in [6, 6.07) is 0.278. The molecule has 102 valence electrons. The van der Waals surface area contributed by atoms with Gasteiger partial charge in [-0.25, -0.2) is 0 Å². The Labute approximate surface area is 106 Å². The molecule has 2 atom stereocenters. The van der Waals surface area contributed by atoms with E-state index in [4.69, 9.17) is 10.6 Å². The van der Waals surface area contributed by atoms with E-state index in [1.54, 1.807) is 0 Å². The molecule has 0 heterocycles. The van der Waals surface area contributed by atoms with Crippen LogP contribution in [0.4, 0.5) is 0 Å². The van der Waals surface area contributed by atoms with E-state index >= 15 is 0 Å². The average Bonchev–Trinajstić information content (AvgIpc) is 2.34. The highest BCUT2D eigenvalue weighted by molar-refractivity contribution is 4.97. The second-order valence-corrected chi connectivity index (χ2v) is 5.71. The van der Waals surface area contributed by atoms with Crippen LogP contribution in [-0.2, 0) is 4.74 Å². The van der Waals surface area contributed by atoms with E-state index < -0.39 is 0 Å². The Kier molecular flexibility index (Phi) is 5.90. The number of rotatable bonds is 6. The third kappa shape index (κ3) is 3.43. The number of hydrogen-bond acceptors (Lipinski definition) is 3. The minimum Gasteiger partial charge on any atom is -0.374 e. The highest BCUT2D eigenvalue weighted by Gasteiger charge is 2.43. The SMILES string of the molecule is CCOC1(C(NN)C(C)CC)CCC(C)CC1. The summed E-state index contributed by atoms with van der Waals surface area (Å²) in [5.74, 6) is 7.19. The zero-order valence-electron chi connectivity index (χ0n) is 12.0. The van der Waals surface area contributed by atoms with E-state index in [1.807, 2.05) is 0 Å². The molecular formula is C14H30N2O. The average molecular weight is 242 g/mol. The molecule has 2 unspecified atom stereocenters. The molecule has 17 heavy (non-hydrogen) atoms. The van der Waals surface area contributed by atoms with Crippen molar-refractivity contribution < 1.29 is 4.74 Å². The van der Waals surface area contributed by atoms with Crippen LogP contribution in [0.5, 0.6) is 0 Å². The molecule has 1 fully saturated rings. The molecule has 0 bridgehead atoms. The van der Waals surface area contributed by atoms with Crippen molar-refractivity contribution in [2.75, 3.05) is 6.61 Å². The van der Waals surface area contributed by atoms with Gasteiger partial charge in [0.05, 0.1) is 11.6 Å². The summed E-state index contributed by atoms with van der Waals surface area (Å²) < 4.78 is 6.15. The van der Waals surface area contributed by atoms with Crippen LogP contribution in [0.1, 0.15) is 59.8 Å². The van der Waals surface area contributed by atoms with Crippen molar-refractivity contribution in [1.29, 1.82) is 0 Å². The predicted molar refractivity (Wildman–Crippen MR) is 72.6 cm³/mol. The summed E-state index contributed by atoms with van der Waals surface area (Å²) in [6.45, 7) is 9.69. The monoisotopic (exact) mass is 242 g/mol. The van der Waals surface area contributed by atoms with E-state index in [1.165, 1.54) is 12.8 Å². The maximum absolute atomic E-state index is 6.15. The van der Waals surface area contributed by atoms with Crippen molar-refractivity contribution in [3.63, 3.8) is 0 Å². The van der Waals surface area contributed by atoms with Crippen LogP contribution >= 0.6 is 0 Å². The normalized spacial score (nSPS) is 33.4. The van der Waals surface area contributed by atoms with Gasteiger partial charge < -0.3 is 4.74 Å². The van der Waals surface area contributed by atoms with E-state index in [0.717, 1.165) is 31.8 Å². The maximum Gasteiger partial charge on any atom is 0.0850 e. The van der Waals surface area contributed by atoms with Crippen LogP contribution in [0.15, 0.2) is 0 Å².